The minimum atomic E-state index is -0.00763. The Labute approximate surface area is 76.2 Å². The maximum atomic E-state index is 8.79. The summed E-state index contributed by atoms with van der Waals surface area (Å²) in [6, 6.07) is 1.72. The Kier molecular flexibility index (Phi) is 4.04. The number of thioether (sulfide) groups is 1. The van der Waals surface area contributed by atoms with Gasteiger partial charge in [0.15, 0.2) is 0 Å². The van der Waals surface area contributed by atoms with Crippen molar-refractivity contribution in [1.82, 2.24) is 9.97 Å². The van der Waals surface area contributed by atoms with Crippen LogP contribution in [0.4, 0.5) is 0 Å². The fourth-order valence-electron chi connectivity index (χ4n) is 0.792. The molecule has 0 spiro atoms. The third kappa shape index (κ3) is 2.79. The van der Waals surface area contributed by atoms with E-state index in [2.05, 4.69) is 16.9 Å². The lowest BCUT2D eigenvalue weighted by Gasteiger charge is -1.99. The van der Waals surface area contributed by atoms with Crippen LogP contribution in [-0.2, 0) is 12.4 Å². The minimum absolute atomic E-state index is 0.00763. The van der Waals surface area contributed by atoms with Gasteiger partial charge in [0, 0.05) is 6.20 Å². The van der Waals surface area contributed by atoms with Crippen molar-refractivity contribution in [3.8, 4) is 0 Å². The maximum absolute atomic E-state index is 8.79. The number of aliphatic hydroxyl groups is 1. The molecule has 66 valence electrons. The molecule has 0 aromatic carbocycles. The lowest BCUT2D eigenvalue weighted by molar-refractivity contribution is 0.276. The van der Waals surface area contributed by atoms with Crippen LogP contribution in [-0.4, -0.2) is 20.8 Å². The molecular formula is C8H12N2OS. The first-order valence-electron chi connectivity index (χ1n) is 3.86. The second-order valence-corrected chi connectivity index (χ2v) is 3.53. The van der Waals surface area contributed by atoms with Crippen molar-refractivity contribution in [2.45, 2.75) is 19.3 Å². The van der Waals surface area contributed by atoms with Gasteiger partial charge in [-0.1, -0.05) is 6.92 Å². The normalized spacial score (nSPS) is 10.2. The standard InChI is InChI=1S/C8H12N2OS/c1-2-12-6-8-9-4-3-7(5-11)10-8/h3-4,11H,2,5-6H2,1H3. The van der Waals surface area contributed by atoms with Crippen molar-refractivity contribution in [1.29, 1.82) is 0 Å². The van der Waals surface area contributed by atoms with Crippen LogP contribution in [0.5, 0.6) is 0 Å². The second-order valence-electron chi connectivity index (χ2n) is 2.26. The predicted octanol–water partition coefficient (Wildman–Crippen LogP) is 1.22. The van der Waals surface area contributed by atoms with E-state index in [1.165, 1.54) is 0 Å². The average molecular weight is 184 g/mol. The van der Waals surface area contributed by atoms with Gasteiger partial charge in [-0.2, -0.15) is 11.8 Å². The topological polar surface area (TPSA) is 46.0 Å². The van der Waals surface area contributed by atoms with Crippen LogP contribution in [0.2, 0.25) is 0 Å². The summed E-state index contributed by atoms with van der Waals surface area (Å²) in [5.74, 6) is 2.69. The average Bonchev–Trinajstić information content (AvgIpc) is 2.15. The van der Waals surface area contributed by atoms with Crippen molar-refractivity contribution >= 4 is 11.8 Å². The number of hydrogen-bond acceptors (Lipinski definition) is 4. The summed E-state index contributed by atoms with van der Waals surface area (Å²) in [4.78, 5) is 8.23. The Hall–Kier alpha value is -0.610. The summed E-state index contributed by atoms with van der Waals surface area (Å²) in [7, 11) is 0. The van der Waals surface area contributed by atoms with Crippen LogP contribution in [0, 0.1) is 0 Å². The zero-order valence-corrected chi connectivity index (χ0v) is 7.84. The van der Waals surface area contributed by atoms with Gasteiger partial charge >= 0.3 is 0 Å². The third-order valence-corrected chi connectivity index (χ3v) is 2.23. The summed E-state index contributed by atoms with van der Waals surface area (Å²) < 4.78 is 0. The van der Waals surface area contributed by atoms with E-state index in [1.807, 2.05) is 0 Å². The number of rotatable bonds is 4. The van der Waals surface area contributed by atoms with Gasteiger partial charge in [0.2, 0.25) is 0 Å². The summed E-state index contributed by atoms with van der Waals surface area (Å²) in [5, 5.41) is 8.79. The largest absolute Gasteiger partial charge is 0.390 e. The lowest BCUT2D eigenvalue weighted by Crippen LogP contribution is -1.97. The van der Waals surface area contributed by atoms with Gasteiger partial charge in [0.1, 0.15) is 5.82 Å². The van der Waals surface area contributed by atoms with Crippen molar-refractivity contribution in [3.05, 3.63) is 23.8 Å². The molecule has 0 amide bonds. The van der Waals surface area contributed by atoms with E-state index in [4.69, 9.17) is 5.11 Å². The molecule has 0 atom stereocenters. The van der Waals surface area contributed by atoms with E-state index in [1.54, 1.807) is 24.0 Å². The van der Waals surface area contributed by atoms with E-state index >= 15 is 0 Å². The molecule has 0 bridgehead atoms. The SMILES string of the molecule is CCSCc1nccc(CO)n1. The molecule has 0 aliphatic heterocycles. The van der Waals surface area contributed by atoms with Gasteiger partial charge < -0.3 is 5.11 Å². The van der Waals surface area contributed by atoms with Crippen LogP contribution in [0.1, 0.15) is 18.4 Å². The number of nitrogens with zero attached hydrogens (tertiary/aromatic N) is 2. The minimum Gasteiger partial charge on any atom is -0.390 e. The van der Waals surface area contributed by atoms with E-state index < -0.39 is 0 Å². The van der Waals surface area contributed by atoms with Gasteiger partial charge in [-0.3, -0.25) is 0 Å². The van der Waals surface area contributed by atoms with E-state index in [9.17, 15) is 0 Å². The Bertz CT molecular complexity index is 242. The summed E-state index contributed by atoms with van der Waals surface area (Å²) in [6.45, 7) is 2.09. The van der Waals surface area contributed by atoms with Crippen molar-refractivity contribution in [2.75, 3.05) is 5.75 Å². The Morgan fingerprint density at radius 1 is 1.58 bits per heavy atom. The van der Waals surface area contributed by atoms with E-state index in [0.717, 1.165) is 17.3 Å². The molecule has 0 fully saturated rings. The third-order valence-electron chi connectivity index (χ3n) is 1.36. The smallest absolute Gasteiger partial charge is 0.138 e. The molecule has 0 aliphatic rings. The fraction of sp³-hybridized carbons (Fsp3) is 0.500. The molecule has 3 nitrogen and oxygen atoms in total. The summed E-state index contributed by atoms with van der Waals surface area (Å²) in [6.07, 6.45) is 1.68. The molecule has 0 saturated heterocycles. The molecule has 0 unspecified atom stereocenters. The molecule has 0 saturated carbocycles. The van der Waals surface area contributed by atoms with Crippen molar-refractivity contribution < 1.29 is 5.11 Å². The molecule has 1 aromatic heterocycles. The molecule has 1 N–H and O–H groups in total. The zero-order valence-electron chi connectivity index (χ0n) is 7.03. The highest BCUT2D eigenvalue weighted by Crippen LogP contribution is 2.07. The Morgan fingerprint density at radius 2 is 2.42 bits per heavy atom. The van der Waals surface area contributed by atoms with Gasteiger partial charge in [-0.05, 0) is 11.8 Å². The van der Waals surface area contributed by atoms with Gasteiger partial charge in [0.25, 0.3) is 0 Å². The van der Waals surface area contributed by atoms with Crippen LogP contribution in [0.15, 0.2) is 12.3 Å². The van der Waals surface area contributed by atoms with Crippen LogP contribution in [0.25, 0.3) is 0 Å². The highest BCUT2D eigenvalue weighted by molar-refractivity contribution is 7.98. The van der Waals surface area contributed by atoms with Crippen LogP contribution >= 0.6 is 11.8 Å². The molecule has 12 heavy (non-hydrogen) atoms. The first kappa shape index (κ1) is 9.48. The Balaban J connectivity index is 2.60. The van der Waals surface area contributed by atoms with Crippen LogP contribution < -0.4 is 0 Å². The maximum Gasteiger partial charge on any atom is 0.138 e. The lowest BCUT2D eigenvalue weighted by atomic mass is 10.4. The quantitative estimate of drug-likeness (QED) is 0.764. The zero-order chi connectivity index (χ0) is 8.81. The van der Waals surface area contributed by atoms with Gasteiger partial charge in [-0.25, -0.2) is 9.97 Å². The molecule has 1 heterocycles. The fourth-order valence-corrected chi connectivity index (χ4v) is 1.32. The highest BCUT2D eigenvalue weighted by atomic mass is 32.2. The number of aliphatic hydroxyl groups excluding tert-OH is 1. The molecule has 0 aliphatic carbocycles. The molecule has 1 aromatic rings. The monoisotopic (exact) mass is 184 g/mol. The number of aromatic nitrogens is 2. The highest BCUT2D eigenvalue weighted by Gasteiger charge is 1.97. The van der Waals surface area contributed by atoms with Gasteiger partial charge in [0.05, 0.1) is 18.1 Å². The van der Waals surface area contributed by atoms with E-state index in [0.29, 0.717) is 5.69 Å². The molecular weight excluding hydrogens is 172 g/mol. The van der Waals surface area contributed by atoms with Gasteiger partial charge in [-0.15, -0.1) is 0 Å². The molecule has 0 radical (unpaired) electrons. The molecule has 1 rings (SSSR count). The van der Waals surface area contributed by atoms with Crippen molar-refractivity contribution in [2.24, 2.45) is 0 Å². The van der Waals surface area contributed by atoms with Crippen LogP contribution in [0.3, 0.4) is 0 Å². The summed E-state index contributed by atoms with van der Waals surface area (Å²) >= 11 is 1.77. The first-order chi connectivity index (χ1) is 5.86. The summed E-state index contributed by atoms with van der Waals surface area (Å²) in [5.41, 5.74) is 0.691. The molecule has 4 heteroatoms. The first-order valence-corrected chi connectivity index (χ1v) is 5.01. The van der Waals surface area contributed by atoms with Crippen molar-refractivity contribution in [3.63, 3.8) is 0 Å². The van der Waals surface area contributed by atoms with E-state index in [-0.39, 0.29) is 6.61 Å². The Morgan fingerprint density at radius 3 is 3.08 bits per heavy atom. The second kappa shape index (κ2) is 5.11. The number of hydrogen-bond donors (Lipinski definition) is 1. The predicted molar refractivity (Wildman–Crippen MR) is 49.8 cm³/mol.